The normalized spacial score (nSPS) is 17.5. The highest BCUT2D eigenvalue weighted by Crippen LogP contribution is 2.50. The minimum absolute atomic E-state index is 0.0560. The summed E-state index contributed by atoms with van der Waals surface area (Å²) in [5.74, 6) is -1.08. The number of hydrogen-bond acceptors (Lipinski definition) is 12. The van der Waals surface area contributed by atoms with Gasteiger partial charge in [0.2, 0.25) is 0 Å². The Bertz CT molecular complexity index is 2540. The monoisotopic (exact) mass is 809 g/mol. The second-order valence-corrected chi connectivity index (χ2v) is 15.4. The first-order valence-electron chi connectivity index (χ1n) is 18.6. The minimum Gasteiger partial charge on any atom is -0.452 e. The zero-order valence-corrected chi connectivity index (χ0v) is 32.1. The first-order chi connectivity index (χ1) is 28.8. The highest BCUT2D eigenvalue weighted by molar-refractivity contribution is 7.54. The molecule has 0 spiro atoms. The van der Waals surface area contributed by atoms with Gasteiger partial charge in [0.25, 0.3) is 5.91 Å². The largest absolute Gasteiger partial charge is 0.452 e. The van der Waals surface area contributed by atoms with Crippen molar-refractivity contribution in [3.8, 4) is 11.5 Å². The number of nitrogens with one attached hydrogen (secondary N) is 1. The summed E-state index contributed by atoms with van der Waals surface area (Å²) >= 11 is 0. The number of para-hydroxylation sites is 2. The van der Waals surface area contributed by atoms with Crippen molar-refractivity contribution in [1.29, 1.82) is 0 Å². The molecule has 15 heteroatoms. The Kier molecular flexibility index (Phi) is 11.5. The average molecular weight is 810 g/mol. The molecule has 1 amide bonds. The van der Waals surface area contributed by atoms with E-state index in [2.05, 4.69) is 20.3 Å². The molecule has 0 saturated carbocycles. The zero-order valence-electron chi connectivity index (χ0n) is 31.2. The summed E-state index contributed by atoms with van der Waals surface area (Å²) in [5, 5.41) is 2.79. The number of rotatable bonds is 14. The van der Waals surface area contributed by atoms with Crippen LogP contribution in [-0.4, -0.2) is 61.8 Å². The minimum atomic E-state index is -4.00. The zero-order chi connectivity index (χ0) is 40.6. The number of amides is 1. The third-order valence-corrected chi connectivity index (χ3v) is 11.1. The van der Waals surface area contributed by atoms with E-state index in [-0.39, 0.29) is 40.7 Å². The summed E-state index contributed by atoms with van der Waals surface area (Å²) in [6.45, 7) is 0. The quantitative estimate of drug-likeness (QED) is 0.0827. The fraction of sp³-hybridized carbons (Fsp3) is 0.136. The van der Waals surface area contributed by atoms with Crippen molar-refractivity contribution < 1.29 is 42.2 Å². The van der Waals surface area contributed by atoms with Crippen molar-refractivity contribution >= 4 is 42.4 Å². The second kappa shape index (κ2) is 17.6. The lowest BCUT2D eigenvalue weighted by Gasteiger charge is -2.25. The Hall–Kier alpha value is -7.15. The van der Waals surface area contributed by atoms with E-state index >= 15 is 0 Å². The fourth-order valence-corrected chi connectivity index (χ4v) is 8.22. The molecule has 1 saturated heterocycles. The highest BCUT2D eigenvalue weighted by atomic mass is 31.2. The molecule has 0 aliphatic carbocycles. The number of aromatic nitrogens is 4. The maximum Gasteiger partial charge on any atom is 0.430 e. The van der Waals surface area contributed by atoms with Crippen LogP contribution in [0.25, 0.3) is 11.2 Å². The van der Waals surface area contributed by atoms with Crippen LogP contribution in [-0.2, 0) is 18.8 Å². The van der Waals surface area contributed by atoms with Crippen LogP contribution in [0.3, 0.4) is 0 Å². The van der Waals surface area contributed by atoms with Crippen LogP contribution in [0.4, 0.5) is 5.82 Å². The third-order valence-electron chi connectivity index (χ3n) is 9.35. The predicted molar refractivity (Wildman–Crippen MR) is 216 cm³/mol. The van der Waals surface area contributed by atoms with Gasteiger partial charge in [0, 0.05) is 5.56 Å². The average Bonchev–Trinajstić information content (AvgIpc) is 3.85. The molecule has 7 aromatic rings. The van der Waals surface area contributed by atoms with Crippen LogP contribution in [0.15, 0.2) is 164 Å². The van der Waals surface area contributed by atoms with Crippen LogP contribution < -0.4 is 14.4 Å². The van der Waals surface area contributed by atoms with Crippen LogP contribution in [0.2, 0.25) is 0 Å². The molecule has 296 valence electrons. The van der Waals surface area contributed by atoms with Crippen molar-refractivity contribution in [2.45, 2.75) is 31.0 Å². The number of anilines is 1. The van der Waals surface area contributed by atoms with E-state index in [0.29, 0.717) is 17.1 Å². The number of hydrogen-bond donors (Lipinski definition) is 1. The van der Waals surface area contributed by atoms with E-state index in [4.69, 9.17) is 23.3 Å². The summed E-state index contributed by atoms with van der Waals surface area (Å²) in [4.78, 5) is 54.0. The molecule has 2 aromatic heterocycles. The molecule has 59 heavy (non-hydrogen) atoms. The Morgan fingerprint density at radius 1 is 0.627 bits per heavy atom. The van der Waals surface area contributed by atoms with E-state index in [1.165, 1.54) is 17.2 Å². The van der Waals surface area contributed by atoms with Gasteiger partial charge in [-0.2, -0.15) is 0 Å². The van der Waals surface area contributed by atoms with E-state index in [0.717, 1.165) is 0 Å². The molecule has 0 bridgehead atoms. The van der Waals surface area contributed by atoms with Gasteiger partial charge >= 0.3 is 19.5 Å². The van der Waals surface area contributed by atoms with Crippen molar-refractivity contribution in [3.05, 3.63) is 181 Å². The third kappa shape index (κ3) is 9.04. The standard InChI is InChI=1S/C44H36N5O9P/c50-41(30-16-6-1-7-17-30)48-39-36-40(46-28-45-39)49(29-47-36)42-38(56-44(52)32-20-10-3-11-21-32)37(55-43(51)31-18-8-2-9-19-31)35(54-42)26-27-59(53,57-33-22-12-4-13-23-33)58-34-24-14-5-15-25-34/h1-25,28-29,35,37-38,42H,26-27H2,(H,45,46,48,50)/t35-,37-,38-,42-/m1/s1. The maximum absolute atomic E-state index is 14.7. The molecule has 0 radical (unpaired) electrons. The molecule has 4 atom stereocenters. The topological polar surface area (TPSA) is 170 Å². The van der Waals surface area contributed by atoms with Crippen LogP contribution >= 0.6 is 7.60 Å². The number of benzene rings is 5. The van der Waals surface area contributed by atoms with Crippen LogP contribution in [0, 0.1) is 0 Å². The lowest BCUT2D eigenvalue weighted by molar-refractivity contribution is -0.0489. The number of carbonyl (C=O) groups is 3. The van der Waals surface area contributed by atoms with Gasteiger partial charge in [-0.15, -0.1) is 0 Å². The van der Waals surface area contributed by atoms with Gasteiger partial charge in [-0.1, -0.05) is 91.0 Å². The lowest BCUT2D eigenvalue weighted by atomic mass is 10.1. The highest BCUT2D eigenvalue weighted by Gasteiger charge is 2.52. The summed E-state index contributed by atoms with van der Waals surface area (Å²) in [6, 6.07) is 42.5. The molecule has 1 N–H and O–H groups in total. The SMILES string of the molecule is O=C(Nc1ncnc2c1ncn2[C@@H]1O[C@H](CCP(=O)(Oc2ccccc2)Oc2ccccc2)[C@@H](OC(=O)c2ccccc2)[C@H]1OC(=O)c1ccccc1)c1ccccc1. The lowest BCUT2D eigenvalue weighted by Crippen LogP contribution is -2.40. The first-order valence-corrected chi connectivity index (χ1v) is 20.4. The van der Waals surface area contributed by atoms with Crippen molar-refractivity contribution in [3.63, 3.8) is 0 Å². The van der Waals surface area contributed by atoms with Gasteiger partial charge in [-0.05, 0) is 67.1 Å². The number of nitrogens with zero attached hydrogens (tertiary/aromatic N) is 4. The molecule has 1 aliphatic heterocycles. The van der Waals surface area contributed by atoms with E-state index in [1.807, 2.05) is 0 Å². The predicted octanol–water partition coefficient (Wildman–Crippen LogP) is 8.17. The van der Waals surface area contributed by atoms with E-state index in [1.54, 1.807) is 152 Å². The van der Waals surface area contributed by atoms with Gasteiger partial charge in [0.1, 0.15) is 23.9 Å². The molecular formula is C44H36N5O9P. The van der Waals surface area contributed by atoms with Crippen LogP contribution in [0.1, 0.15) is 43.7 Å². The molecule has 14 nitrogen and oxygen atoms in total. The number of imidazole rings is 1. The van der Waals surface area contributed by atoms with Gasteiger partial charge in [-0.25, -0.2) is 29.1 Å². The smallest absolute Gasteiger partial charge is 0.430 e. The van der Waals surface area contributed by atoms with Gasteiger partial charge in [0.15, 0.2) is 35.4 Å². The maximum atomic E-state index is 14.7. The summed E-state index contributed by atoms with van der Waals surface area (Å²) < 4.78 is 47.4. The molecular weight excluding hydrogens is 773 g/mol. The van der Waals surface area contributed by atoms with Gasteiger partial charge in [-0.3, -0.25) is 9.36 Å². The Morgan fingerprint density at radius 3 is 1.66 bits per heavy atom. The Balaban J connectivity index is 1.17. The van der Waals surface area contributed by atoms with Crippen LogP contribution in [0.5, 0.6) is 11.5 Å². The molecule has 0 unspecified atom stereocenters. The summed E-state index contributed by atoms with van der Waals surface area (Å²) in [6.07, 6.45) is -2.43. The number of esters is 2. The van der Waals surface area contributed by atoms with Crippen molar-refractivity contribution in [2.24, 2.45) is 0 Å². The van der Waals surface area contributed by atoms with Crippen molar-refractivity contribution in [2.75, 3.05) is 11.5 Å². The molecule has 5 aromatic carbocycles. The molecule has 1 aliphatic rings. The summed E-state index contributed by atoms with van der Waals surface area (Å²) in [7, 11) is -4.00. The summed E-state index contributed by atoms with van der Waals surface area (Å²) in [5.41, 5.74) is 1.32. The first kappa shape index (κ1) is 38.7. The van der Waals surface area contributed by atoms with E-state index in [9.17, 15) is 18.9 Å². The van der Waals surface area contributed by atoms with Crippen molar-refractivity contribution in [1.82, 2.24) is 19.5 Å². The molecule has 1 fully saturated rings. The van der Waals surface area contributed by atoms with E-state index < -0.39 is 50.0 Å². The van der Waals surface area contributed by atoms with Gasteiger partial charge in [0.05, 0.1) is 23.6 Å². The number of carbonyl (C=O) groups excluding carboxylic acids is 3. The number of ether oxygens (including phenoxy) is 3. The molecule has 3 heterocycles. The fourth-order valence-electron chi connectivity index (χ4n) is 6.54. The second-order valence-electron chi connectivity index (χ2n) is 13.3. The number of fused-ring (bicyclic) bond motifs is 1. The Morgan fingerprint density at radius 2 is 1.12 bits per heavy atom. The van der Waals surface area contributed by atoms with Gasteiger partial charge < -0.3 is 28.6 Å². The Labute approximate surface area is 338 Å². The molecule has 8 rings (SSSR count).